The van der Waals surface area contributed by atoms with Crippen LogP contribution in [-0.4, -0.2) is 21.3 Å². The predicted octanol–water partition coefficient (Wildman–Crippen LogP) is 2.66. The Morgan fingerprint density at radius 1 is 1.26 bits per heavy atom. The Morgan fingerprint density at radius 3 is 2.63 bits per heavy atom. The molecule has 0 unspecified atom stereocenters. The molecule has 0 amide bonds. The molecule has 5 heteroatoms. The Hall–Kier alpha value is -1.20. The van der Waals surface area contributed by atoms with E-state index in [1.165, 1.54) is 5.56 Å². The molecule has 0 saturated heterocycles. The molecule has 0 atom stereocenters. The van der Waals surface area contributed by atoms with Gasteiger partial charge in [0.05, 0.1) is 5.69 Å². The summed E-state index contributed by atoms with van der Waals surface area (Å²) in [6.45, 7) is 4.82. The van der Waals surface area contributed by atoms with Crippen LogP contribution in [0.25, 0.3) is 5.69 Å². The summed E-state index contributed by atoms with van der Waals surface area (Å²) in [6, 6.07) is 6.27. The maximum Gasteiger partial charge on any atom is 0.151 e. The first-order valence-corrected chi connectivity index (χ1v) is 7.42. The van der Waals surface area contributed by atoms with E-state index in [0.29, 0.717) is 6.54 Å². The predicted molar refractivity (Wildman–Crippen MR) is 80.6 cm³/mol. The molecule has 0 saturated carbocycles. The molecular weight excluding hydrogens is 304 g/mol. The van der Waals surface area contributed by atoms with Gasteiger partial charge in [0.25, 0.3) is 0 Å². The highest BCUT2D eigenvalue weighted by Gasteiger charge is 2.11. The van der Waals surface area contributed by atoms with Crippen molar-refractivity contribution in [2.75, 3.05) is 6.54 Å². The van der Waals surface area contributed by atoms with Crippen molar-refractivity contribution in [3.05, 3.63) is 39.9 Å². The zero-order chi connectivity index (χ0) is 13.8. The summed E-state index contributed by atoms with van der Waals surface area (Å²) < 4.78 is 2.95. The van der Waals surface area contributed by atoms with Gasteiger partial charge in [-0.25, -0.2) is 9.67 Å². The number of aryl methyl sites for hydroxylation is 2. The van der Waals surface area contributed by atoms with Gasteiger partial charge < -0.3 is 5.73 Å². The highest BCUT2D eigenvalue weighted by Crippen LogP contribution is 2.23. The van der Waals surface area contributed by atoms with Crippen molar-refractivity contribution < 1.29 is 0 Å². The number of rotatable bonds is 5. The molecule has 0 aliphatic rings. The second-order valence-electron chi connectivity index (χ2n) is 4.39. The molecule has 0 aliphatic carbocycles. The summed E-state index contributed by atoms with van der Waals surface area (Å²) in [5.41, 5.74) is 7.84. The molecule has 2 rings (SSSR count). The van der Waals surface area contributed by atoms with Crippen LogP contribution in [0.3, 0.4) is 0 Å². The van der Waals surface area contributed by atoms with E-state index in [1.54, 1.807) is 0 Å². The topological polar surface area (TPSA) is 56.7 Å². The van der Waals surface area contributed by atoms with E-state index < -0.39 is 0 Å². The standard InChI is InChI=1S/C14H19BrN4/c1-3-13-17-14(4-2)19(18-13)12-6-5-10(7-8-16)9-11(12)15/h5-6,9H,3-4,7-8,16H2,1-2H3. The van der Waals surface area contributed by atoms with Gasteiger partial charge in [-0.1, -0.05) is 19.9 Å². The fraction of sp³-hybridized carbons (Fsp3) is 0.429. The SMILES string of the molecule is CCc1nc(CC)n(-c2ccc(CCN)cc2Br)n1. The van der Waals surface area contributed by atoms with E-state index >= 15 is 0 Å². The summed E-state index contributed by atoms with van der Waals surface area (Å²) in [4.78, 5) is 4.53. The molecule has 2 aromatic rings. The average Bonchev–Trinajstić information content (AvgIpc) is 2.82. The van der Waals surface area contributed by atoms with Crippen LogP contribution in [0.5, 0.6) is 0 Å². The van der Waals surface area contributed by atoms with Crippen LogP contribution in [0.15, 0.2) is 22.7 Å². The molecule has 1 aromatic carbocycles. The van der Waals surface area contributed by atoms with Gasteiger partial charge in [-0.05, 0) is 46.6 Å². The van der Waals surface area contributed by atoms with Crippen molar-refractivity contribution in [1.29, 1.82) is 0 Å². The van der Waals surface area contributed by atoms with Crippen LogP contribution < -0.4 is 5.73 Å². The van der Waals surface area contributed by atoms with Gasteiger partial charge in [0, 0.05) is 17.3 Å². The van der Waals surface area contributed by atoms with E-state index in [2.05, 4.69) is 58.1 Å². The molecule has 102 valence electrons. The molecule has 0 bridgehead atoms. The number of nitrogens with two attached hydrogens (primary N) is 1. The van der Waals surface area contributed by atoms with E-state index in [-0.39, 0.29) is 0 Å². The van der Waals surface area contributed by atoms with Crippen molar-refractivity contribution in [2.45, 2.75) is 33.1 Å². The van der Waals surface area contributed by atoms with Crippen LogP contribution >= 0.6 is 15.9 Å². The number of hydrogen-bond acceptors (Lipinski definition) is 3. The summed E-state index contributed by atoms with van der Waals surface area (Å²) in [7, 11) is 0. The Kier molecular flexibility index (Phi) is 4.71. The Balaban J connectivity index is 2.43. The first-order chi connectivity index (χ1) is 9.19. The molecule has 2 N–H and O–H groups in total. The fourth-order valence-electron chi connectivity index (χ4n) is 2.01. The quantitative estimate of drug-likeness (QED) is 0.920. The molecule has 4 nitrogen and oxygen atoms in total. The minimum atomic E-state index is 0.662. The van der Waals surface area contributed by atoms with E-state index in [4.69, 9.17) is 5.73 Å². The maximum absolute atomic E-state index is 5.58. The van der Waals surface area contributed by atoms with E-state index in [9.17, 15) is 0 Å². The lowest BCUT2D eigenvalue weighted by atomic mass is 10.1. The van der Waals surface area contributed by atoms with Gasteiger partial charge in [0.15, 0.2) is 5.82 Å². The lowest BCUT2D eigenvalue weighted by Gasteiger charge is -2.08. The minimum Gasteiger partial charge on any atom is -0.330 e. The highest BCUT2D eigenvalue weighted by atomic mass is 79.9. The third kappa shape index (κ3) is 3.04. The van der Waals surface area contributed by atoms with Crippen LogP contribution in [0.1, 0.15) is 31.1 Å². The van der Waals surface area contributed by atoms with Crippen LogP contribution in [0, 0.1) is 0 Å². The number of nitrogens with zero attached hydrogens (tertiary/aromatic N) is 3. The lowest BCUT2D eigenvalue weighted by Crippen LogP contribution is -2.05. The number of aromatic nitrogens is 3. The molecular formula is C14H19BrN4. The highest BCUT2D eigenvalue weighted by molar-refractivity contribution is 9.10. The third-order valence-electron chi connectivity index (χ3n) is 3.02. The second-order valence-corrected chi connectivity index (χ2v) is 5.24. The smallest absolute Gasteiger partial charge is 0.151 e. The molecule has 0 radical (unpaired) electrons. The molecule has 1 aromatic heterocycles. The van der Waals surface area contributed by atoms with Gasteiger partial charge in [-0.15, -0.1) is 0 Å². The summed E-state index contributed by atoms with van der Waals surface area (Å²) >= 11 is 3.62. The third-order valence-corrected chi connectivity index (χ3v) is 3.66. The molecule has 19 heavy (non-hydrogen) atoms. The molecule has 0 spiro atoms. The molecule has 0 fully saturated rings. The van der Waals surface area contributed by atoms with Crippen LogP contribution in [0.2, 0.25) is 0 Å². The summed E-state index contributed by atoms with van der Waals surface area (Å²) in [5, 5.41) is 4.56. The van der Waals surface area contributed by atoms with Crippen molar-refractivity contribution in [1.82, 2.24) is 14.8 Å². The van der Waals surface area contributed by atoms with E-state index in [1.807, 2.05) is 4.68 Å². The van der Waals surface area contributed by atoms with Gasteiger partial charge in [0.2, 0.25) is 0 Å². The minimum absolute atomic E-state index is 0.662. The first kappa shape index (κ1) is 14.2. The van der Waals surface area contributed by atoms with Gasteiger partial charge >= 0.3 is 0 Å². The van der Waals surface area contributed by atoms with Gasteiger partial charge in [0.1, 0.15) is 5.82 Å². The monoisotopic (exact) mass is 322 g/mol. The fourth-order valence-corrected chi connectivity index (χ4v) is 2.60. The van der Waals surface area contributed by atoms with Crippen LogP contribution in [0.4, 0.5) is 0 Å². The zero-order valence-corrected chi connectivity index (χ0v) is 12.9. The van der Waals surface area contributed by atoms with Crippen molar-refractivity contribution in [2.24, 2.45) is 5.73 Å². The zero-order valence-electron chi connectivity index (χ0n) is 11.4. The Bertz CT molecular complexity index is 563. The second kappa shape index (κ2) is 6.30. The molecule has 1 heterocycles. The van der Waals surface area contributed by atoms with Crippen molar-refractivity contribution in [3.8, 4) is 5.69 Å². The Morgan fingerprint density at radius 2 is 2.05 bits per heavy atom. The normalized spacial score (nSPS) is 10.9. The van der Waals surface area contributed by atoms with Crippen molar-refractivity contribution in [3.63, 3.8) is 0 Å². The molecule has 0 aliphatic heterocycles. The maximum atomic E-state index is 5.58. The lowest BCUT2D eigenvalue weighted by molar-refractivity contribution is 0.787. The van der Waals surface area contributed by atoms with Gasteiger partial charge in [-0.3, -0.25) is 0 Å². The first-order valence-electron chi connectivity index (χ1n) is 6.63. The van der Waals surface area contributed by atoms with Crippen molar-refractivity contribution >= 4 is 15.9 Å². The van der Waals surface area contributed by atoms with Crippen LogP contribution in [-0.2, 0) is 19.3 Å². The van der Waals surface area contributed by atoms with E-state index in [0.717, 1.165) is 41.1 Å². The van der Waals surface area contributed by atoms with Gasteiger partial charge in [-0.2, -0.15) is 5.10 Å². The number of benzene rings is 1. The Labute approximate surface area is 122 Å². The number of hydrogen-bond donors (Lipinski definition) is 1. The largest absolute Gasteiger partial charge is 0.330 e. The average molecular weight is 323 g/mol. The summed E-state index contributed by atoms with van der Waals surface area (Å²) in [6.07, 6.45) is 2.60. The summed E-state index contributed by atoms with van der Waals surface area (Å²) in [5.74, 6) is 1.87. The number of halogens is 1.